The van der Waals surface area contributed by atoms with Crippen molar-refractivity contribution in [2.75, 3.05) is 0 Å². The molecule has 23 heavy (non-hydrogen) atoms. The molecule has 4 nitrogen and oxygen atoms in total. The van der Waals surface area contributed by atoms with Crippen LogP contribution in [0.5, 0.6) is 0 Å². The van der Waals surface area contributed by atoms with Crippen LogP contribution in [-0.2, 0) is 19.1 Å². The van der Waals surface area contributed by atoms with E-state index >= 15 is 0 Å². The predicted octanol–water partition coefficient (Wildman–Crippen LogP) is 4.13. The Morgan fingerprint density at radius 3 is 2.22 bits per heavy atom. The van der Waals surface area contributed by atoms with Crippen LogP contribution in [0.1, 0.15) is 66.2 Å². The molecule has 0 saturated heterocycles. The summed E-state index contributed by atoms with van der Waals surface area (Å²) in [6.45, 7) is 11.5. The summed E-state index contributed by atoms with van der Waals surface area (Å²) >= 11 is 3.72. The van der Waals surface area contributed by atoms with Gasteiger partial charge >= 0.3 is 5.97 Å². The summed E-state index contributed by atoms with van der Waals surface area (Å²) in [5, 5.41) is -0.173. The van der Waals surface area contributed by atoms with Crippen molar-refractivity contribution in [3.8, 4) is 0 Å². The van der Waals surface area contributed by atoms with Gasteiger partial charge in [-0.1, -0.05) is 34.3 Å². The van der Waals surface area contributed by atoms with Gasteiger partial charge in [0.1, 0.15) is 0 Å². The Bertz CT molecular complexity index is 429. The minimum absolute atomic E-state index is 0.173. The number of rotatable bonds is 12. The number of hydrogen-bond donors (Lipinski definition) is 1. The first-order chi connectivity index (χ1) is 10.7. The SMILES string of the molecule is C=C(CC)C(=O)C(CCCCC(=O)S)OC(=O)C(C)CC(C)C. The zero-order valence-corrected chi connectivity index (χ0v) is 15.7. The second kappa shape index (κ2) is 11.4. The van der Waals surface area contributed by atoms with Crippen molar-refractivity contribution in [3.63, 3.8) is 0 Å². The zero-order chi connectivity index (χ0) is 18.0. The van der Waals surface area contributed by atoms with Crippen molar-refractivity contribution in [1.29, 1.82) is 0 Å². The van der Waals surface area contributed by atoms with Crippen LogP contribution in [0.2, 0.25) is 0 Å². The first-order valence-corrected chi connectivity index (χ1v) is 8.77. The fourth-order valence-electron chi connectivity index (χ4n) is 2.31. The number of ketones is 1. The molecule has 0 aromatic heterocycles. The Morgan fingerprint density at radius 1 is 1.13 bits per heavy atom. The summed E-state index contributed by atoms with van der Waals surface area (Å²) in [6.07, 6.45) is 2.50. The van der Waals surface area contributed by atoms with Gasteiger partial charge in [0.25, 0.3) is 0 Å². The van der Waals surface area contributed by atoms with E-state index in [1.165, 1.54) is 0 Å². The predicted molar refractivity (Wildman–Crippen MR) is 95.4 cm³/mol. The van der Waals surface area contributed by atoms with E-state index in [1.54, 1.807) is 0 Å². The molecule has 0 aromatic rings. The minimum atomic E-state index is -0.792. The Labute approximate surface area is 145 Å². The number of Topliss-reactive ketones (excluding diaryl/α,β-unsaturated/α-hetero) is 1. The van der Waals surface area contributed by atoms with Gasteiger partial charge in [0.15, 0.2) is 17.0 Å². The van der Waals surface area contributed by atoms with Crippen molar-refractivity contribution in [1.82, 2.24) is 0 Å². The number of hydrogen-bond acceptors (Lipinski definition) is 4. The fourth-order valence-corrected chi connectivity index (χ4v) is 2.47. The molecule has 0 aliphatic heterocycles. The topological polar surface area (TPSA) is 60.4 Å². The molecule has 2 atom stereocenters. The van der Waals surface area contributed by atoms with Crippen LogP contribution in [0.25, 0.3) is 0 Å². The lowest BCUT2D eigenvalue weighted by molar-refractivity contribution is -0.158. The quantitative estimate of drug-likeness (QED) is 0.251. The lowest BCUT2D eigenvalue weighted by Crippen LogP contribution is -2.31. The van der Waals surface area contributed by atoms with Crippen molar-refractivity contribution in [3.05, 3.63) is 12.2 Å². The van der Waals surface area contributed by atoms with Crippen molar-refractivity contribution in [2.24, 2.45) is 11.8 Å². The van der Waals surface area contributed by atoms with E-state index in [-0.39, 0.29) is 22.8 Å². The average Bonchev–Trinajstić information content (AvgIpc) is 2.47. The first-order valence-electron chi connectivity index (χ1n) is 8.33. The second-order valence-electron chi connectivity index (χ2n) is 6.42. The highest BCUT2D eigenvalue weighted by Crippen LogP contribution is 2.18. The molecule has 0 heterocycles. The highest BCUT2D eigenvalue weighted by atomic mass is 32.1. The number of unbranched alkanes of at least 4 members (excludes halogenated alkanes) is 1. The van der Waals surface area contributed by atoms with Crippen molar-refractivity contribution < 1.29 is 19.1 Å². The fraction of sp³-hybridized carbons (Fsp3) is 0.722. The summed E-state index contributed by atoms with van der Waals surface area (Å²) in [5.74, 6) is -0.404. The van der Waals surface area contributed by atoms with Gasteiger partial charge < -0.3 is 4.74 Å². The Balaban J connectivity index is 4.71. The third-order valence-corrected chi connectivity index (χ3v) is 3.88. The maximum atomic E-state index is 12.3. The Kier molecular flexibility index (Phi) is 10.9. The van der Waals surface area contributed by atoms with Crippen molar-refractivity contribution in [2.45, 2.75) is 72.3 Å². The van der Waals surface area contributed by atoms with Crippen LogP contribution in [-0.4, -0.2) is 23.0 Å². The number of ether oxygens (including phenoxy) is 1. The second-order valence-corrected chi connectivity index (χ2v) is 6.92. The molecule has 0 rings (SSSR count). The van der Waals surface area contributed by atoms with E-state index in [4.69, 9.17) is 4.74 Å². The van der Waals surface area contributed by atoms with Gasteiger partial charge in [-0.15, -0.1) is 12.6 Å². The monoisotopic (exact) mass is 342 g/mol. The highest BCUT2D eigenvalue weighted by molar-refractivity contribution is 7.96. The minimum Gasteiger partial charge on any atom is -0.454 e. The van der Waals surface area contributed by atoms with Crippen LogP contribution in [0.15, 0.2) is 12.2 Å². The van der Waals surface area contributed by atoms with Gasteiger partial charge in [0, 0.05) is 6.42 Å². The summed E-state index contributed by atoms with van der Waals surface area (Å²) in [6, 6.07) is 0. The number of thiol groups is 1. The Hall–Kier alpha value is -1.10. The molecule has 5 heteroatoms. The molecular weight excluding hydrogens is 312 g/mol. The van der Waals surface area contributed by atoms with E-state index in [0.717, 1.165) is 6.42 Å². The molecular formula is C18H30O4S. The molecule has 0 radical (unpaired) electrons. The molecule has 0 saturated carbocycles. The van der Waals surface area contributed by atoms with E-state index in [0.29, 0.717) is 43.6 Å². The lowest BCUT2D eigenvalue weighted by atomic mass is 9.98. The van der Waals surface area contributed by atoms with Crippen LogP contribution < -0.4 is 0 Å². The van der Waals surface area contributed by atoms with Crippen LogP contribution >= 0.6 is 12.6 Å². The summed E-state index contributed by atoms with van der Waals surface area (Å²) in [7, 11) is 0. The standard InChI is InChI=1S/C18H30O4S/c1-6-13(4)17(20)15(9-7-8-10-16(19)23)22-18(21)14(5)11-12(2)3/h12,14-15H,4,6-11H2,1-3,5H3,(H,19,23). The molecule has 0 aromatic carbocycles. The zero-order valence-electron chi connectivity index (χ0n) is 14.8. The van der Waals surface area contributed by atoms with Crippen LogP contribution in [0, 0.1) is 11.8 Å². The molecule has 0 bridgehead atoms. The van der Waals surface area contributed by atoms with Gasteiger partial charge in [-0.05, 0) is 43.6 Å². The first kappa shape index (κ1) is 21.9. The highest BCUT2D eigenvalue weighted by Gasteiger charge is 2.26. The smallest absolute Gasteiger partial charge is 0.309 e. The normalized spacial score (nSPS) is 13.5. The summed E-state index contributed by atoms with van der Waals surface area (Å²) in [5.41, 5.74) is 0.463. The van der Waals surface area contributed by atoms with E-state index in [2.05, 4.69) is 19.2 Å². The summed E-state index contributed by atoms with van der Waals surface area (Å²) in [4.78, 5) is 35.3. The number of carbonyl (C=O) groups excluding carboxylic acids is 3. The molecule has 0 amide bonds. The van der Waals surface area contributed by atoms with Crippen LogP contribution in [0.4, 0.5) is 0 Å². The van der Waals surface area contributed by atoms with Gasteiger partial charge in [-0.25, -0.2) is 0 Å². The van der Waals surface area contributed by atoms with Gasteiger partial charge in [0.2, 0.25) is 0 Å². The lowest BCUT2D eigenvalue weighted by Gasteiger charge is -2.20. The van der Waals surface area contributed by atoms with Gasteiger partial charge in [-0.3, -0.25) is 14.4 Å². The van der Waals surface area contributed by atoms with Crippen molar-refractivity contribution >= 4 is 29.5 Å². The van der Waals surface area contributed by atoms with E-state index in [9.17, 15) is 14.4 Å². The van der Waals surface area contributed by atoms with E-state index in [1.807, 2.05) is 27.7 Å². The number of carbonyl (C=O) groups is 3. The molecule has 132 valence electrons. The van der Waals surface area contributed by atoms with Crippen LogP contribution in [0.3, 0.4) is 0 Å². The third-order valence-electron chi connectivity index (χ3n) is 3.66. The maximum Gasteiger partial charge on any atom is 0.309 e. The molecule has 0 aliphatic rings. The number of esters is 1. The molecule has 0 N–H and O–H groups in total. The summed E-state index contributed by atoms with van der Waals surface area (Å²) < 4.78 is 5.45. The third kappa shape index (κ3) is 9.59. The van der Waals surface area contributed by atoms with E-state index < -0.39 is 6.10 Å². The molecule has 0 aliphatic carbocycles. The van der Waals surface area contributed by atoms with Gasteiger partial charge in [0.05, 0.1) is 5.92 Å². The Morgan fingerprint density at radius 2 is 1.74 bits per heavy atom. The molecule has 0 fully saturated rings. The molecule has 0 spiro atoms. The molecule has 2 unspecified atom stereocenters. The maximum absolute atomic E-state index is 12.3. The van der Waals surface area contributed by atoms with Gasteiger partial charge in [-0.2, -0.15) is 0 Å². The average molecular weight is 343 g/mol. The largest absolute Gasteiger partial charge is 0.454 e.